The molecule has 0 saturated carbocycles. The Hall–Kier alpha value is -0.890. The van der Waals surface area contributed by atoms with E-state index in [0.29, 0.717) is 0 Å². The highest BCUT2D eigenvalue weighted by Crippen LogP contribution is 2.16. The number of hydrogen-bond acceptors (Lipinski definition) is 6. The molecular weight excluding hydrogens is 188 g/mol. The molecule has 0 bridgehead atoms. The van der Waals surface area contributed by atoms with Crippen LogP contribution in [0.5, 0.6) is 0 Å². The van der Waals surface area contributed by atoms with Crippen molar-refractivity contribution < 1.29 is 8.42 Å². The first-order chi connectivity index (χ1) is 4.97. The number of sulfonamides is 1. The van der Waals surface area contributed by atoms with Crippen molar-refractivity contribution in [2.75, 3.05) is 16.7 Å². The number of aromatic nitrogens is 2. The standard InChI is InChI=1S/C3H6N4O2S2/c1-11(8,9)7-3-6-5-2(4)10-3/h1H3,(H2,4,5)(H,6,7). The van der Waals surface area contributed by atoms with Gasteiger partial charge >= 0.3 is 0 Å². The summed E-state index contributed by atoms with van der Waals surface area (Å²) in [6.07, 6.45) is 1.03. The van der Waals surface area contributed by atoms with Crippen LogP contribution in [-0.2, 0) is 10.0 Å². The van der Waals surface area contributed by atoms with Gasteiger partial charge in [0.15, 0.2) is 0 Å². The number of nitrogens with two attached hydrogens (primary N) is 1. The van der Waals surface area contributed by atoms with Gasteiger partial charge in [-0.2, -0.15) is 0 Å². The number of hydrogen-bond donors (Lipinski definition) is 2. The van der Waals surface area contributed by atoms with Crippen molar-refractivity contribution in [3.05, 3.63) is 0 Å². The Morgan fingerprint density at radius 2 is 2.18 bits per heavy atom. The van der Waals surface area contributed by atoms with Crippen LogP contribution in [0.1, 0.15) is 0 Å². The van der Waals surface area contributed by atoms with Crippen molar-refractivity contribution in [1.29, 1.82) is 0 Å². The molecule has 0 amide bonds. The van der Waals surface area contributed by atoms with Gasteiger partial charge in [0, 0.05) is 0 Å². The maximum absolute atomic E-state index is 10.6. The van der Waals surface area contributed by atoms with Crippen LogP contribution in [0.2, 0.25) is 0 Å². The lowest BCUT2D eigenvalue weighted by Gasteiger charge is -1.94. The van der Waals surface area contributed by atoms with Crippen LogP contribution in [0, 0.1) is 0 Å². The first-order valence-electron chi connectivity index (χ1n) is 2.54. The van der Waals surface area contributed by atoms with E-state index in [1.165, 1.54) is 0 Å². The Kier molecular flexibility index (Phi) is 1.96. The zero-order chi connectivity index (χ0) is 8.48. The third-order valence-corrected chi connectivity index (χ3v) is 2.07. The molecule has 1 aromatic heterocycles. The number of rotatable bonds is 2. The van der Waals surface area contributed by atoms with Gasteiger partial charge in [-0.05, 0) is 0 Å². The van der Waals surface area contributed by atoms with E-state index in [4.69, 9.17) is 5.73 Å². The van der Waals surface area contributed by atoms with E-state index in [1.54, 1.807) is 0 Å². The van der Waals surface area contributed by atoms with Gasteiger partial charge in [-0.1, -0.05) is 11.3 Å². The summed E-state index contributed by atoms with van der Waals surface area (Å²) >= 11 is 0.980. The molecule has 0 fully saturated rings. The third-order valence-electron chi connectivity index (χ3n) is 0.713. The summed E-state index contributed by atoms with van der Waals surface area (Å²) in [5.41, 5.74) is 5.21. The van der Waals surface area contributed by atoms with Gasteiger partial charge in [0.05, 0.1) is 6.26 Å². The lowest BCUT2D eigenvalue weighted by atomic mass is 11.3. The lowest BCUT2D eigenvalue weighted by molar-refractivity contribution is 0.606. The van der Waals surface area contributed by atoms with Crippen LogP contribution in [0.25, 0.3) is 0 Å². The summed E-state index contributed by atoms with van der Waals surface area (Å²) in [7, 11) is -3.26. The maximum Gasteiger partial charge on any atom is 0.231 e. The molecule has 0 spiro atoms. The molecule has 6 nitrogen and oxygen atoms in total. The SMILES string of the molecule is CS(=O)(=O)Nc1nnc(N)s1. The number of nitrogens with one attached hydrogen (secondary N) is 1. The number of anilines is 2. The fraction of sp³-hybridized carbons (Fsp3) is 0.333. The molecule has 0 aromatic carbocycles. The van der Waals surface area contributed by atoms with Crippen molar-refractivity contribution >= 4 is 31.6 Å². The van der Waals surface area contributed by atoms with E-state index >= 15 is 0 Å². The summed E-state index contributed by atoms with van der Waals surface area (Å²) in [5.74, 6) is 0. The Morgan fingerprint density at radius 1 is 1.55 bits per heavy atom. The highest BCUT2D eigenvalue weighted by molar-refractivity contribution is 7.92. The van der Waals surface area contributed by atoms with Gasteiger partial charge < -0.3 is 5.73 Å². The van der Waals surface area contributed by atoms with E-state index in [-0.39, 0.29) is 10.3 Å². The van der Waals surface area contributed by atoms with Crippen molar-refractivity contribution in [1.82, 2.24) is 10.2 Å². The zero-order valence-electron chi connectivity index (χ0n) is 5.60. The van der Waals surface area contributed by atoms with Crippen LogP contribution < -0.4 is 10.5 Å². The Balaban J connectivity index is 2.81. The van der Waals surface area contributed by atoms with Crippen LogP contribution >= 0.6 is 11.3 Å². The van der Waals surface area contributed by atoms with Crippen LogP contribution in [-0.4, -0.2) is 24.9 Å². The van der Waals surface area contributed by atoms with Gasteiger partial charge in [-0.25, -0.2) is 8.42 Å². The summed E-state index contributed by atoms with van der Waals surface area (Å²) < 4.78 is 23.3. The molecule has 0 atom stereocenters. The Bertz CT molecular complexity index is 342. The second-order valence-electron chi connectivity index (χ2n) is 1.82. The molecule has 3 N–H and O–H groups in total. The predicted molar refractivity (Wildman–Crippen MR) is 42.8 cm³/mol. The summed E-state index contributed by atoms with van der Waals surface area (Å²) in [6.45, 7) is 0. The molecule has 0 unspecified atom stereocenters. The van der Waals surface area contributed by atoms with E-state index in [2.05, 4.69) is 14.9 Å². The molecule has 0 aliphatic heterocycles. The fourth-order valence-corrected chi connectivity index (χ4v) is 1.77. The van der Waals surface area contributed by atoms with E-state index < -0.39 is 10.0 Å². The van der Waals surface area contributed by atoms with Gasteiger partial charge in [0.1, 0.15) is 0 Å². The van der Waals surface area contributed by atoms with Crippen molar-refractivity contribution in [2.24, 2.45) is 0 Å². The molecule has 8 heteroatoms. The van der Waals surface area contributed by atoms with Crippen molar-refractivity contribution in [3.63, 3.8) is 0 Å². The molecule has 0 saturated heterocycles. The fourth-order valence-electron chi connectivity index (χ4n) is 0.434. The molecule has 1 heterocycles. The summed E-state index contributed by atoms with van der Waals surface area (Å²) in [5, 5.41) is 7.29. The highest BCUT2D eigenvalue weighted by atomic mass is 32.2. The largest absolute Gasteiger partial charge is 0.374 e. The monoisotopic (exact) mass is 194 g/mol. The average Bonchev–Trinajstić information content (AvgIpc) is 2.10. The minimum atomic E-state index is -3.26. The van der Waals surface area contributed by atoms with Gasteiger partial charge in [0.25, 0.3) is 0 Å². The van der Waals surface area contributed by atoms with Gasteiger partial charge in [0.2, 0.25) is 20.3 Å². The zero-order valence-corrected chi connectivity index (χ0v) is 7.24. The van der Waals surface area contributed by atoms with E-state index in [0.717, 1.165) is 17.6 Å². The van der Waals surface area contributed by atoms with Crippen LogP contribution in [0.4, 0.5) is 10.3 Å². The molecule has 1 rings (SSSR count). The first-order valence-corrected chi connectivity index (χ1v) is 5.25. The Labute approximate surface area is 67.5 Å². The number of nitrogen functional groups attached to an aromatic ring is 1. The molecule has 0 radical (unpaired) electrons. The second-order valence-corrected chi connectivity index (χ2v) is 4.58. The smallest absolute Gasteiger partial charge is 0.231 e. The van der Waals surface area contributed by atoms with Crippen LogP contribution in [0.3, 0.4) is 0 Å². The molecular formula is C3H6N4O2S2. The predicted octanol–water partition coefficient (Wildman–Crippen LogP) is -0.508. The molecule has 0 aliphatic rings. The quantitative estimate of drug-likeness (QED) is 0.660. The second kappa shape index (κ2) is 2.62. The topological polar surface area (TPSA) is 98.0 Å². The van der Waals surface area contributed by atoms with Crippen molar-refractivity contribution in [2.45, 2.75) is 0 Å². The maximum atomic E-state index is 10.6. The highest BCUT2D eigenvalue weighted by Gasteiger charge is 2.05. The molecule has 62 valence electrons. The van der Waals surface area contributed by atoms with Gasteiger partial charge in [-0.3, -0.25) is 4.72 Å². The minimum absolute atomic E-state index is 0.185. The average molecular weight is 194 g/mol. The normalized spacial score (nSPS) is 11.4. The minimum Gasteiger partial charge on any atom is -0.374 e. The summed E-state index contributed by atoms with van der Waals surface area (Å²) in [6, 6.07) is 0. The van der Waals surface area contributed by atoms with E-state index in [1.807, 2.05) is 0 Å². The summed E-state index contributed by atoms with van der Waals surface area (Å²) in [4.78, 5) is 0. The van der Waals surface area contributed by atoms with Gasteiger partial charge in [-0.15, -0.1) is 10.2 Å². The third kappa shape index (κ3) is 2.68. The lowest BCUT2D eigenvalue weighted by Crippen LogP contribution is -2.08. The Morgan fingerprint density at radius 3 is 2.55 bits per heavy atom. The first kappa shape index (κ1) is 8.21. The molecule has 11 heavy (non-hydrogen) atoms. The van der Waals surface area contributed by atoms with Crippen molar-refractivity contribution in [3.8, 4) is 0 Å². The molecule has 1 aromatic rings. The number of nitrogens with zero attached hydrogens (tertiary/aromatic N) is 2. The molecule has 0 aliphatic carbocycles. The van der Waals surface area contributed by atoms with Crippen LogP contribution in [0.15, 0.2) is 0 Å². The van der Waals surface area contributed by atoms with E-state index in [9.17, 15) is 8.42 Å².